The van der Waals surface area contributed by atoms with Crippen LogP contribution in [0, 0.1) is 0 Å². The lowest BCUT2D eigenvalue weighted by Gasteiger charge is -2.13. The molecule has 0 aliphatic carbocycles. The van der Waals surface area contributed by atoms with E-state index in [0.717, 1.165) is 25.1 Å². The van der Waals surface area contributed by atoms with Crippen molar-refractivity contribution in [2.45, 2.75) is 25.8 Å². The van der Waals surface area contributed by atoms with Crippen LogP contribution in [-0.4, -0.2) is 18.6 Å². The van der Waals surface area contributed by atoms with Crippen molar-refractivity contribution >= 4 is 0 Å². The minimum atomic E-state index is 0.569. The summed E-state index contributed by atoms with van der Waals surface area (Å²) in [5.74, 6) is 1.27. The number of nitrogens with one attached hydrogen (secondary N) is 1. The minimum Gasteiger partial charge on any atom is -0.481 e. The monoisotopic (exact) mass is 270 g/mol. The van der Waals surface area contributed by atoms with Crippen molar-refractivity contribution in [1.29, 1.82) is 0 Å². The summed E-state index contributed by atoms with van der Waals surface area (Å²) < 4.78 is 5.24. The molecule has 3 nitrogen and oxygen atoms in total. The third-order valence-electron chi connectivity index (χ3n) is 3.48. The van der Waals surface area contributed by atoms with E-state index in [-0.39, 0.29) is 0 Å². The standard InChI is InChI=1S/C17H22N2O/c1-14(15-7-4-3-5-8-15)10-12-18-13-16-9-6-11-19-17(16)20-2/h3-9,11,14,18H,10,12-13H2,1-2H3. The van der Waals surface area contributed by atoms with Crippen molar-refractivity contribution in [3.63, 3.8) is 0 Å². The Balaban J connectivity index is 1.76. The largest absolute Gasteiger partial charge is 0.481 e. The maximum Gasteiger partial charge on any atom is 0.217 e. The summed E-state index contributed by atoms with van der Waals surface area (Å²) in [7, 11) is 1.66. The normalized spacial score (nSPS) is 12.1. The second kappa shape index (κ2) is 7.65. The highest BCUT2D eigenvalue weighted by Crippen LogP contribution is 2.18. The Labute approximate surface area is 121 Å². The highest BCUT2D eigenvalue weighted by atomic mass is 16.5. The first-order valence-corrected chi connectivity index (χ1v) is 7.05. The Bertz CT molecular complexity index is 513. The summed E-state index contributed by atoms with van der Waals surface area (Å²) in [5.41, 5.74) is 2.50. The van der Waals surface area contributed by atoms with Gasteiger partial charge in [0.15, 0.2) is 0 Å². The van der Waals surface area contributed by atoms with E-state index >= 15 is 0 Å². The molecule has 20 heavy (non-hydrogen) atoms. The molecule has 0 amide bonds. The molecule has 1 heterocycles. The van der Waals surface area contributed by atoms with Gasteiger partial charge in [0.25, 0.3) is 0 Å². The fraction of sp³-hybridized carbons (Fsp3) is 0.353. The molecule has 3 heteroatoms. The fourth-order valence-electron chi connectivity index (χ4n) is 2.23. The van der Waals surface area contributed by atoms with Crippen LogP contribution in [0.2, 0.25) is 0 Å². The molecule has 0 aliphatic heterocycles. The average Bonchev–Trinajstić information content (AvgIpc) is 2.52. The Kier molecular flexibility index (Phi) is 5.56. The van der Waals surface area contributed by atoms with Gasteiger partial charge in [-0.3, -0.25) is 0 Å². The van der Waals surface area contributed by atoms with Crippen molar-refractivity contribution in [2.75, 3.05) is 13.7 Å². The smallest absolute Gasteiger partial charge is 0.217 e. The van der Waals surface area contributed by atoms with Crippen molar-refractivity contribution in [3.05, 3.63) is 59.8 Å². The van der Waals surface area contributed by atoms with Crippen LogP contribution in [0.4, 0.5) is 0 Å². The molecule has 0 saturated carbocycles. The van der Waals surface area contributed by atoms with Gasteiger partial charge in [0.05, 0.1) is 7.11 Å². The van der Waals surface area contributed by atoms with E-state index in [0.29, 0.717) is 11.8 Å². The first-order valence-electron chi connectivity index (χ1n) is 7.05. The molecular weight excluding hydrogens is 248 g/mol. The number of pyridine rings is 1. The number of hydrogen-bond acceptors (Lipinski definition) is 3. The van der Waals surface area contributed by atoms with Gasteiger partial charge in [-0.1, -0.05) is 43.3 Å². The van der Waals surface area contributed by atoms with Crippen LogP contribution in [0.3, 0.4) is 0 Å². The molecule has 0 spiro atoms. The molecule has 1 N–H and O–H groups in total. The van der Waals surface area contributed by atoms with Gasteiger partial charge in [-0.05, 0) is 30.5 Å². The van der Waals surface area contributed by atoms with E-state index in [1.54, 1.807) is 13.3 Å². The predicted molar refractivity (Wildman–Crippen MR) is 82.0 cm³/mol. The van der Waals surface area contributed by atoms with Crippen LogP contribution in [0.25, 0.3) is 0 Å². The molecule has 1 atom stereocenters. The summed E-state index contributed by atoms with van der Waals surface area (Å²) in [4.78, 5) is 4.20. The van der Waals surface area contributed by atoms with Gasteiger partial charge in [-0.25, -0.2) is 4.98 Å². The molecule has 0 aliphatic rings. The van der Waals surface area contributed by atoms with Crippen LogP contribution in [0.15, 0.2) is 48.7 Å². The number of hydrogen-bond donors (Lipinski definition) is 1. The summed E-state index contributed by atoms with van der Waals surface area (Å²) >= 11 is 0. The topological polar surface area (TPSA) is 34.1 Å². The predicted octanol–water partition coefficient (Wildman–Crippen LogP) is 3.37. The van der Waals surface area contributed by atoms with Crippen LogP contribution in [0.5, 0.6) is 5.88 Å². The van der Waals surface area contributed by atoms with E-state index in [2.05, 4.69) is 47.6 Å². The second-order valence-corrected chi connectivity index (χ2v) is 4.95. The summed E-state index contributed by atoms with van der Waals surface area (Å²) in [6, 6.07) is 14.6. The number of aromatic nitrogens is 1. The van der Waals surface area contributed by atoms with Gasteiger partial charge in [0.1, 0.15) is 0 Å². The Morgan fingerprint density at radius 2 is 1.95 bits per heavy atom. The first kappa shape index (κ1) is 14.5. The van der Waals surface area contributed by atoms with E-state index in [9.17, 15) is 0 Å². The van der Waals surface area contributed by atoms with Crippen LogP contribution in [-0.2, 0) is 6.54 Å². The van der Waals surface area contributed by atoms with Crippen molar-refractivity contribution in [2.24, 2.45) is 0 Å². The molecular formula is C17H22N2O. The van der Waals surface area contributed by atoms with Crippen molar-refractivity contribution in [1.82, 2.24) is 10.3 Å². The third-order valence-corrected chi connectivity index (χ3v) is 3.48. The summed E-state index contributed by atoms with van der Waals surface area (Å²) in [5, 5.41) is 3.46. The molecule has 2 rings (SSSR count). The van der Waals surface area contributed by atoms with Crippen LogP contribution >= 0.6 is 0 Å². The zero-order valence-corrected chi connectivity index (χ0v) is 12.2. The van der Waals surface area contributed by atoms with Gasteiger partial charge in [-0.15, -0.1) is 0 Å². The second-order valence-electron chi connectivity index (χ2n) is 4.95. The number of rotatable bonds is 7. The lowest BCUT2D eigenvalue weighted by atomic mass is 9.98. The lowest BCUT2D eigenvalue weighted by molar-refractivity contribution is 0.390. The van der Waals surface area contributed by atoms with E-state index in [4.69, 9.17) is 4.74 Å². The SMILES string of the molecule is COc1ncccc1CNCCC(C)c1ccccc1. The number of nitrogens with zero attached hydrogens (tertiary/aromatic N) is 1. The van der Waals surface area contributed by atoms with Crippen molar-refractivity contribution in [3.8, 4) is 5.88 Å². The molecule has 106 valence electrons. The molecule has 0 saturated heterocycles. The highest BCUT2D eigenvalue weighted by Gasteiger charge is 2.05. The molecule has 0 fully saturated rings. The minimum absolute atomic E-state index is 0.569. The highest BCUT2D eigenvalue weighted by molar-refractivity contribution is 5.25. The van der Waals surface area contributed by atoms with E-state index < -0.39 is 0 Å². The van der Waals surface area contributed by atoms with Gasteiger partial charge in [0.2, 0.25) is 5.88 Å². The molecule has 0 bridgehead atoms. The summed E-state index contributed by atoms with van der Waals surface area (Å²) in [6.45, 7) is 4.04. The first-order chi connectivity index (χ1) is 9.81. The third kappa shape index (κ3) is 4.07. The molecule has 1 aromatic carbocycles. The Morgan fingerprint density at radius 1 is 1.15 bits per heavy atom. The zero-order valence-electron chi connectivity index (χ0n) is 12.2. The van der Waals surface area contributed by atoms with E-state index in [1.807, 2.05) is 12.1 Å². The lowest BCUT2D eigenvalue weighted by Crippen LogP contribution is -2.17. The average molecular weight is 270 g/mol. The number of ether oxygens (including phenoxy) is 1. The molecule has 2 aromatic rings. The summed E-state index contributed by atoms with van der Waals surface area (Å²) in [6.07, 6.45) is 2.87. The maximum atomic E-state index is 5.24. The molecule has 0 radical (unpaired) electrons. The molecule has 1 unspecified atom stereocenters. The van der Waals surface area contributed by atoms with Gasteiger partial charge in [-0.2, -0.15) is 0 Å². The quantitative estimate of drug-likeness (QED) is 0.783. The maximum absolute atomic E-state index is 5.24. The van der Waals surface area contributed by atoms with Gasteiger partial charge >= 0.3 is 0 Å². The van der Waals surface area contributed by atoms with E-state index in [1.165, 1.54) is 5.56 Å². The van der Waals surface area contributed by atoms with Crippen molar-refractivity contribution < 1.29 is 4.74 Å². The van der Waals surface area contributed by atoms with Gasteiger partial charge in [0, 0.05) is 18.3 Å². The Morgan fingerprint density at radius 3 is 2.70 bits per heavy atom. The van der Waals surface area contributed by atoms with Crippen LogP contribution in [0.1, 0.15) is 30.4 Å². The zero-order chi connectivity index (χ0) is 14.2. The molecule has 1 aromatic heterocycles. The van der Waals surface area contributed by atoms with Gasteiger partial charge < -0.3 is 10.1 Å². The van der Waals surface area contributed by atoms with Crippen LogP contribution < -0.4 is 10.1 Å². The number of methoxy groups -OCH3 is 1. The fourth-order valence-corrected chi connectivity index (χ4v) is 2.23. The Hall–Kier alpha value is -1.87. The number of benzene rings is 1.